The van der Waals surface area contributed by atoms with Gasteiger partial charge in [-0.3, -0.25) is 9.59 Å². The number of anilines is 2. The summed E-state index contributed by atoms with van der Waals surface area (Å²) in [4.78, 5) is 38.3. The highest BCUT2D eigenvalue weighted by molar-refractivity contribution is 5.94. The van der Waals surface area contributed by atoms with Crippen molar-refractivity contribution in [1.82, 2.24) is 10.3 Å². The molecule has 0 aliphatic rings. The van der Waals surface area contributed by atoms with Gasteiger partial charge in [-0.05, 0) is 53.4 Å². The Bertz CT molecular complexity index is 1680. The van der Waals surface area contributed by atoms with Crippen molar-refractivity contribution in [1.29, 1.82) is 0 Å². The monoisotopic (exact) mass is 632 g/mol. The van der Waals surface area contributed by atoms with Crippen molar-refractivity contribution in [2.24, 2.45) is 0 Å². The number of nitrogens with zero attached hydrogens (tertiary/aromatic N) is 1. The molecule has 6 N–H and O–H groups in total. The van der Waals surface area contributed by atoms with E-state index >= 15 is 0 Å². The summed E-state index contributed by atoms with van der Waals surface area (Å²) >= 11 is 0. The molecule has 4 aromatic rings. The molecule has 0 fully saturated rings. The number of alkyl halides is 3. The summed E-state index contributed by atoms with van der Waals surface area (Å²) in [6.45, 7) is 0. The molecule has 0 aliphatic heterocycles. The Kier molecular flexibility index (Phi) is 11.1. The number of amides is 1. The predicted molar refractivity (Wildman–Crippen MR) is 155 cm³/mol. The van der Waals surface area contributed by atoms with Crippen LogP contribution in [-0.2, 0) is 14.4 Å². The summed E-state index contributed by atoms with van der Waals surface area (Å²) in [7, 11) is 2.98. The van der Waals surface area contributed by atoms with E-state index in [9.17, 15) is 32.3 Å². The van der Waals surface area contributed by atoms with Crippen LogP contribution in [-0.4, -0.2) is 53.4 Å². The van der Waals surface area contributed by atoms with Crippen molar-refractivity contribution in [3.63, 3.8) is 0 Å². The first-order valence-electron chi connectivity index (χ1n) is 12.9. The zero-order valence-electron chi connectivity index (χ0n) is 23.8. The minimum absolute atomic E-state index is 0.0722. The number of aromatic nitrogens is 1. The van der Waals surface area contributed by atoms with E-state index in [1.54, 1.807) is 48.7 Å². The van der Waals surface area contributed by atoms with Crippen molar-refractivity contribution in [2.75, 3.05) is 25.3 Å². The number of carbonyl (C=O) groups is 3. The second-order valence-corrected chi connectivity index (χ2v) is 9.31. The predicted octanol–water partition coefficient (Wildman–Crippen LogP) is 5.09. The minimum Gasteiger partial charge on any atom is -0.493 e. The Morgan fingerprint density at radius 3 is 2.22 bits per heavy atom. The zero-order valence-corrected chi connectivity index (χ0v) is 23.8. The van der Waals surface area contributed by atoms with Gasteiger partial charge in [0, 0.05) is 22.8 Å². The molecule has 3 aromatic carbocycles. The van der Waals surface area contributed by atoms with Gasteiger partial charge in [-0.15, -0.1) is 0 Å². The molecule has 1 unspecified atom stereocenters. The number of halogens is 4. The Morgan fingerprint density at radius 1 is 0.956 bits per heavy atom. The molecule has 0 saturated heterocycles. The fourth-order valence-corrected chi connectivity index (χ4v) is 4.22. The highest BCUT2D eigenvalue weighted by atomic mass is 19.4. The molecular formula is C30H28F4N4O7. The Balaban J connectivity index is 0.000000707. The summed E-state index contributed by atoms with van der Waals surface area (Å²) in [5.41, 5.74) is 7.15. The van der Waals surface area contributed by atoms with Crippen LogP contribution in [0.4, 0.5) is 29.1 Å². The topological polar surface area (TPSA) is 173 Å². The molecule has 0 aliphatic carbocycles. The third kappa shape index (κ3) is 8.95. The summed E-state index contributed by atoms with van der Waals surface area (Å²) in [6.07, 6.45) is -4.00. The van der Waals surface area contributed by atoms with Crippen LogP contribution in [0, 0.1) is 5.82 Å². The number of carboxylic acid groups (broad SMARTS) is 2. The van der Waals surface area contributed by atoms with Crippen molar-refractivity contribution in [3.05, 3.63) is 89.9 Å². The van der Waals surface area contributed by atoms with Crippen LogP contribution in [0.1, 0.15) is 29.6 Å². The van der Waals surface area contributed by atoms with Gasteiger partial charge in [0.05, 0.1) is 26.7 Å². The number of ether oxygens (including phenoxy) is 2. The highest BCUT2D eigenvalue weighted by Crippen LogP contribution is 2.33. The van der Waals surface area contributed by atoms with E-state index in [1.807, 2.05) is 6.07 Å². The molecule has 1 heterocycles. The van der Waals surface area contributed by atoms with E-state index < -0.39 is 48.3 Å². The number of nitrogens with one attached hydrogen (secondary N) is 2. The fraction of sp³-hybridized carbons (Fsp3) is 0.200. The number of carboxylic acids is 2. The largest absolute Gasteiger partial charge is 0.493 e. The molecule has 0 spiro atoms. The number of hydrogen-bond acceptors (Lipinski definition) is 8. The quantitative estimate of drug-likeness (QED) is 0.148. The van der Waals surface area contributed by atoms with Gasteiger partial charge in [0.25, 0.3) is 0 Å². The van der Waals surface area contributed by atoms with Gasteiger partial charge >= 0.3 is 18.1 Å². The third-order valence-corrected chi connectivity index (χ3v) is 6.33. The molecule has 0 bridgehead atoms. The first kappa shape index (κ1) is 33.9. The van der Waals surface area contributed by atoms with Crippen LogP contribution in [0.5, 0.6) is 11.5 Å². The summed E-state index contributed by atoms with van der Waals surface area (Å²) in [5.74, 6) is -3.87. The number of pyridine rings is 1. The molecule has 238 valence electrons. The van der Waals surface area contributed by atoms with Crippen LogP contribution in [0.25, 0.3) is 10.8 Å². The number of methoxy groups -OCH3 is 2. The maximum absolute atomic E-state index is 14.6. The van der Waals surface area contributed by atoms with Gasteiger partial charge in [0.2, 0.25) is 5.91 Å². The van der Waals surface area contributed by atoms with Gasteiger partial charge in [-0.2, -0.15) is 13.2 Å². The number of hydrogen-bond donors (Lipinski definition) is 5. The van der Waals surface area contributed by atoms with Gasteiger partial charge in [-0.25, -0.2) is 14.2 Å². The standard InChI is InChI=1S/C28H27FN4O5.C2HF3O2/c1-37-23-10-7-17(14-24(23)38-2)26(32-18-8-9-19-16(13-18)11-12-31-27(19)30)28(36)33-22(15-25(34)35)20-5-3-4-6-21(20)29;3-2(4,5)1(6)7/h3-14,22,26,32H,15H2,1-2H3,(H2,30,31)(H,33,36)(H,34,35);(H,6,7)/t22?,26-;/m1./s1. The molecule has 11 nitrogen and oxygen atoms in total. The fourth-order valence-electron chi connectivity index (χ4n) is 4.22. The maximum Gasteiger partial charge on any atom is 0.490 e. The average Bonchev–Trinajstić information content (AvgIpc) is 2.99. The molecule has 0 saturated carbocycles. The lowest BCUT2D eigenvalue weighted by Gasteiger charge is -2.25. The number of carbonyl (C=O) groups excluding carboxylic acids is 1. The highest BCUT2D eigenvalue weighted by Gasteiger charge is 2.38. The van der Waals surface area contributed by atoms with Crippen molar-refractivity contribution in [3.8, 4) is 11.5 Å². The van der Waals surface area contributed by atoms with Gasteiger partial charge in [0.1, 0.15) is 17.7 Å². The van der Waals surface area contributed by atoms with E-state index in [4.69, 9.17) is 25.1 Å². The Morgan fingerprint density at radius 2 is 1.62 bits per heavy atom. The molecule has 0 radical (unpaired) electrons. The second kappa shape index (κ2) is 14.7. The third-order valence-electron chi connectivity index (χ3n) is 6.33. The van der Waals surface area contributed by atoms with Crippen molar-refractivity contribution in [2.45, 2.75) is 24.7 Å². The van der Waals surface area contributed by atoms with Crippen LogP contribution < -0.4 is 25.8 Å². The van der Waals surface area contributed by atoms with Crippen LogP contribution in [0.3, 0.4) is 0 Å². The van der Waals surface area contributed by atoms with Gasteiger partial charge in [0.15, 0.2) is 11.5 Å². The normalized spacial score (nSPS) is 12.2. The SMILES string of the molecule is COc1ccc([C@@H](Nc2ccc3c(N)nccc3c2)C(=O)NC(CC(=O)O)c2ccccc2F)cc1OC.O=C(O)C(F)(F)F. The van der Waals surface area contributed by atoms with Crippen LogP contribution >= 0.6 is 0 Å². The van der Waals surface area contributed by atoms with Crippen LogP contribution in [0.2, 0.25) is 0 Å². The first-order chi connectivity index (χ1) is 21.2. The van der Waals surface area contributed by atoms with Gasteiger partial charge in [-0.1, -0.05) is 24.3 Å². The zero-order chi connectivity index (χ0) is 33.3. The minimum atomic E-state index is -5.08. The maximum atomic E-state index is 14.6. The molecule has 4 rings (SSSR count). The number of nitrogens with two attached hydrogens (primary N) is 1. The number of nitrogen functional groups attached to an aromatic ring is 1. The first-order valence-corrected chi connectivity index (χ1v) is 12.9. The average molecular weight is 633 g/mol. The lowest BCUT2D eigenvalue weighted by molar-refractivity contribution is -0.192. The van der Waals surface area contributed by atoms with E-state index in [0.29, 0.717) is 28.6 Å². The Labute approximate surface area is 253 Å². The molecule has 1 aromatic heterocycles. The van der Waals surface area contributed by atoms with E-state index in [1.165, 1.54) is 32.4 Å². The van der Waals surface area contributed by atoms with E-state index in [2.05, 4.69) is 15.6 Å². The molecule has 45 heavy (non-hydrogen) atoms. The number of rotatable bonds is 10. The molecule has 15 heteroatoms. The number of aliphatic carboxylic acids is 2. The summed E-state index contributed by atoms with van der Waals surface area (Å²) in [6, 6.07) is 15.8. The molecular weight excluding hydrogens is 604 g/mol. The summed E-state index contributed by atoms with van der Waals surface area (Å²) in [5, 5.41) is 24.1. The summed E-state index contributed by atoms with van der Waals surface area (Å²) < 4.78 is 57.0. The van der Waals surface area contributed by atoms with Gasteiger partial charge < -0.3 is 36.1 Å². The molecule has 1 amide bonds. The van der Waals surface area contributed by atoms with Crippen molar-refractivity contribution < 1.29 is 51.6 Å². The second-order valence-electron chi connectivity index (χ2n) is 9.31. The van der Waals surface area contributed by atoms with Crippen molar-refractivity contribution >= 4 is 40.1 Å². The van der Waals surface area contributed by atoms with Crippen LogP contribution in [0.15, 0.2) is 72.9 Å². The number of fused-ring (bicyclic) bond motifs is 1. The van der Waals surface area contributed by atoms with E-state index in [-0.39, 0.29) is 5.56 Å². The Hall–Kier alpha value is -5.60. The lowest BCUT2D eigenvalue weighted by Crippen LogP contribution is -2.37. The lowest BCUT2D eigenvalue weighted by atomic mass is 10.00. The smallest absolute Gasteiger partial charge is 0.490 e. The number of benzene rings is 3. The van der Waals surface area contributed by atoms with E-state index in [0.717, 1.165) is 10.8 Å². The molecule has 2 atom stereocenters.